The number of fused-ring (bicyclic) bond motifs is 1. The molecule has 1 saturated heterocycles. The zero-order valence-corrected chi connectivity index (χ0v) is 21.2. The van der Waals surface area contributed by atoms with Crippen LogP contribution in [0.25, 0.3) is 0 Å². The second kappa shape index (κ2) is 8.16. The van der Waals surface area contributed by atoms with Crippen LogP contribution in [0.15, 0.2) is 61.2 Å². The molecule has 0 saturated carbocycles. The Kier molecular flexibility index (Phi) is 5.59. The van der Waals surface area contributed by atoms with Gasteiger partial charge in [-0.3, -0.25) is 19.3 Å². The van der Waals surface area contributed by atoms with E-state index in [0.717, 1.165) is 16.9 Å². The molecule has 0 radical (unpaired) electrons. The number of nitrogens with one attached hydrogen (secondary N) is 1. The van der Waals surface area contributed by atoms with E-state index in [1.165, 1.54) is 16.7 Å². The lowest BCUT2D eigenvalue weighted by Crippen LogP contribution is -2.43. The number of halogens is 2. The van der Waals surface area contributed by atoms with Crippen LogP contribution in [0, 0.1) is 5.41 Å². The van der Waals surface area contributed by atoms with Crippen molar-refractivity contribution < 1.29 is 14.7 Å². The highest BCUT2D eigenvalue weighted by Crippen LogP contribution is 2.59. The van der Waals surface area contributed by atoms with Crippen LogP contribution in [0.1, 0.15) is 28.3 Å². The fraction of sp³-hybridized carbons (Fsp3) is 0.227. The first-order valence-electron chi connectivity index (χ1n) is 9.72. The second-order valence-electron chi connectivity index (χ2n) is 7.86. The average molecular weight is 596 g/mol. The number of aromatic amines is 1. The molecule has 2 atom stereocenters. The van der Waals surface area contributed by atoms with Crippen LogP contribution >= 0.6 is 55.0 Å². The van der Waals surface area contributed by atoms with Crippen molar-refractivity contribution >= 4 is 66.8 Å². The van der Waals surface area contributed by atoms with E-state index >= 15 is 0 Å². The first-order chi connectivity index (χ1) is 15.3. The SMILES string of the molecule is O=C1C[C@]2(CSc3[nH]c(=O)sc3[C@@H]2c2cc(Br)cc(Br)c2O)C(=O)N1Cc1ccccc1. The van der Waals surface area contributed by atoms with Crippen LogP contribution in [-0.4, -0.2) is 32.6 Å². The summed E-state index contributed by atoms with van der Waals surface area (Å²) in [6.07, 6.45) is 0.0193. The van der Waals surface area contributed by atoms with Crippen molar-refractivity contribution in [1.82, 2.24) is 9.88 Å². The van der Waals surface area contributed by atoms with Crippen molar-refractivity contribution in [2.24, 2.45) is 5.41 Å². The van der Waals surface area contributed by atoms with E-state index in [4.69, 9.17) is 0 Å². The van der Waals surface area contributed by atoms with Crippen molar-refractivity contribution in [2.75, 3.05) is 5.75 Å². The standard InChI is InChI=1S/C22H16Br2N2O4S2/c23-12-6-13(17(28)14(24)7-12)16-18-19(25-21(30)32-18)31-10-22(16)8-15(27)26(20(22)29)9-11-4-2-1-3-5-11/h1-7,16,28H,8-10H2,(H,25,30)/t16-,22+/m0/s1. The van der Waals surface area contributed by atoms with E-state index in [2.05, 4.69) is 36.8 Å². The number of hydrogen-bond acceptors (Lipinski definition) is 6. The minimum atomic E-state index is -1.09. The predicted molar refractivity (Wildman–Crippen MR) is 130 cm³/mol. The van der Waals surface area contributed by atoms with Crippen LogP contribution in [0.4, 0.5) is 0 Å². The van der Waals surface area contributed by atoms with E-state index in [-0.39, 0.29) is 35.4 Å². The van der Waals surface area contributed by atoms with Crippen molar-refractivity contribution in [2.45, 2.75) is 23.9 Å². The molecule has 1 aromatic heterocycles. The molecule has 2 aliphatic rings. The molecule has 32 heavy (non-hydrogen) atoms. The van der Waals surface area contributed by atoms with Gasteiger partial charge < -0.3 is 10.1 Å². The maximum atomic E-state index is 13.9. The van der Waals surface area contributed by atoms with Crippen molar-refractivity contribution in [3.8, 4) is 5.75 Å². The summed E-state index contributed by atoms with van der Waals surface area (Å²) in [4.78, 5) is 43.8. The number of hydrogen-bond donors (Lipinski definition) is 2. The maximum Gasteiger partial charge on any atom is 0.305 e. The normalized spacial score (nSPS) is 22.6. The van der Waals surface area contributed by atoms with Gasteiger partial charge in [0.15, 0.2) is 0 Å². The lowest BCUT2D eigenvalue weighted by molar-refractivity contribution is -0.142. The number of thioether (sulfide) groups is 1. The molecule has 2 amide bonds. The van der Waals surface area contributed by atoms with Gasteiger partial charge in [-0.2, -0.15) is 0 Å². The molecule has 0 aliphatic carbocycles. The van der Waals surface area contributed by atoms with E-state index in [0.29, 0.717) is 30.2 Å². The number of likely N-dealkylation sites (tertiary alicyclic amines) is 1. The Hall–Kier alpha value is -1.88. The minimum absolute atomic E-state index is 0.00182. The van der Waals surface area contributed by atoms with Gasteiger partial charge in [0.1, 0.15) is 5.75 Å². The number of phenolic OH excluding ortho intramolecular Hbond substituents is 1. The lowest BCUT2D eigenvalue weighted by Gasteiger charge is -2.38. The Morgan fingerprint density at radius 2 is 1.91 bits per heavy atom. The fourth-order valence-electron chi connectivity index (χ4n) is 4.49. The quantitative estimate of drug-likeness (QED) is 0.423. The zero-order chi connectivity index (χ0) is 22.6. The van der Waals surface area contributed by atoms with Gasteiger partial charge in [-0.15, -0.1) is 11.8 Å². The molecule has 10 heteroatoms. The molecule has 5 rings (SSSR count). The van der Waals surface area contributed by atoms with Crippen LogP contribution in [-0.2, 0) is 16.1 Å². The summed E-state index contributed by atoms with van der Waals surface area (Å²) < 4.78 is 1.19. The van der Waals surface area contributed by atoms with Gasteiger partial charge in [0.25, 0.3) is 0 Å². The minimum Gasteiger partial charge on any atom is -0.506 e. The molecule has 2 aromatic carbocycles. The number of phenols is 1. The number of nitrogens with zero attached hydrogens (tertiary/aromatic N) is 1. The molecule has 3 aromatic rings. The first-order valence-corrected chi connectivity index (χ1v) is 13.1. The van der Waals surface area contributed by atoms with E-state index in [9.17, 15) is 19.5 Å². The Morgan fingerprint density at radius 1 is 1.16 bits per heavy atom. The Balaban J connectivity index is 1.66. The number of rotatable bonds is 3. The number of carbonyl (C=O) groups excluding carboxylic acids is 2. The highest BCUT2D eigenvalue weighted by molar-refractivity contribution is 9.11. The van der Waals surface area contributed by atoms with Gasteiger partial charge >= 0.3 is 4.87 Å². The fourth-order valence-corrected chi connectivity index (χ4v) is 8.30. The monoisotopic (exact) mass is 594 g/mol. The lowest BCUT2D eigenvalue weighted by atomic mass is 9.70. The number of benzene rings is 2. The number of thiazole rings is 1. The number of H-pyrrole nitrogens is 1. The summed E-state index contributed by atoms with van der Waals surface area (Å²) in [6, 6.07) is 12.9. The number of carbonyl (C=O) groups is 2. The molecule has 6 nitrogen and oxygen atoms in total. The second-order valence-corrected chi connectivity index (χ2v) is 11.6. The number of aromatic hydroxyl groups is 1. The first kappa shape index (κ1) is 21.9. The molecule has 1 spiro atoms. The Morgan fingerprint density at radius 3 is 2.66 bits per heavy atom. The van der Waals surface area contributed by atoms with Gasteiger partial charge in [0.05, 0.1) is 21.5 Å². The van der Waals surface area contributed by atoms with Crippen LogP contribution in [0.5, 0.6) is 5.75 Å². The predicted octanol–water partition coefficient (Wildman–Crippen LogP) is 4.85. The summed E-state index contributed by atoms with van der Waals surface area (Å²) in [5, 5.41) is 11.6. The van der Waals surface area contributed by atoms with Gasteiger partial charge in [-0.25, -0.2) is 0 Å². The van der Waals surface area contributed by atoms with Gasteiger partial charge in [0.2, 0.25) is 11.8 Å². The van der Waals surface area contributed by atoms with Crippen molar-refractivity contribution in [3.05, 3.63) is 77.1 Å². The summed E-state index contributed by atoms with van der Waals surface area (Å²) in [5.41, 5.74) is 0.281. The smallest absolute Gasteiger partial charge is 0.305 e. The summed E-state index contributed by atoms with van der Waals surface area (Å²) >= 11 is 9.25. The highest BCUT2D eigenvalue weighted by Gasteiger charge is 2.59. The Labute approximate surface area is 208 Å². The summed E-state index contributed by atoms with van der Waals surface area (Å²) in [6.45, 7) is 0.196. The molecule has 2 N–H and O–H groups in total. The third-order valence-corrected chi connectivity index (χ3v) is 9.33. The van der Waals surface area contributed by atoms with Crippen molar-refractivity contribution in [3.63, 3.8) is 0 Å². The number of amides is 2. The molecule has 164 valence electrons. The third-order valence-electron chi connectivity index (χ3n) is 5.92. The van der Waals surface area contributed by atoms with Gasteiger partial charge in [-0.1, -0.05) is 57.6 Å². The van der Waals surface area contributed by atoms with E-state index in [1.807, 2.05) is 30.3 Å². The third kappa shape index (κ3) is 3.48. The molecule has 0 unspecified atom stereocenters. The van der Waals surface area contributed by atoms with Gasteiger partial charge in [0, 0.05) is 33.0 Å². The van der Waals surface area contributed by atoms with E-state index in [1.54, 1.807) is 12.1 Å². The van der Waals surface area contributed by atoms with Crippen LogP contribution < -0.4 is 4.87 Å². The molecular formula is C22H16Br2N2O4S2. The van der Waals surface area contributed by atoms with Crippen molar-refractivity contribution in [1.29, 1.82) is 0 Å². The molecule has 3 heterocycles. The summed E-state index contributed by atoms with van der Waals surface area (Å²) in [7, 11) is 0. The maximum absolute atomic E-state index is 13.9. The summed E-state index contributed by atoms with van der Waals surface area (Å²) in [5.74, 6) is -0.821. The zero-order valence-electron chi connectivity index (χ0n) is 16.4. The molecular weight excluding hydrogens is 580 g/mol. The largest absolute Gasteiger partial charge is 0.506 e. The highest BCUT2D eigenvalue weighted by atomic mass is 79.9. The molecule has 1 fully saturated rings. The van der Waals surface area contributed by atoms with Crippen LogP contribution in [0.2, 0.25) is 0 Å². The van der Waals surface area contributed by atoms with Crippen LogP contribution in [0.3, 0.4) is 0 Å². The average Bonchev–Trinajstić information content (AvgIpc) is 3.24. The van der Waals surface area contributed by atoms with Gasteiger partial charge in [-0.05, 0) is 33.6 Å². The number of aromatic nitrogens is 1. The Bertz CT molecular complexity index is 1310. The molecule has 2 aliphatic heterocycles. The molecule has 0 bridgehead atoms. The topological polar surface area (TPSA) is 90.5 Å². The number of imide groups is 1. The van der Waals surface area contributed by atoms with E-state index < -0.39 is 11.3 Å².